The second-order valence-electron chi connectivity index (χ2n) is 4.99. The Morgan fingerprint density at radius 2 is 2.05 bits per heavy atom. The van der Waals surface area contributed by atoms with Crippen molar-refractivity contribution >= 4 is 5.91 Å². The highest BCUT2D eigenvalue weighted by Crippen LogP contribution is 2.16. The van der Waals surface area contributed by atoms with Gasteiger partial charge in [0, 0.05) is 13.6 Å². The molecule has 0 aromatic heterocycles. The van der Waals surface area contributed by atoms with Gasteiger partial charge in [0.15, 0.2) is 6.61 Å². The second kappa shape index (κ2) is 7.14. The van der Waals surface area contributed by atoms with Crippen molar-refractivity contribution in [2.75, 3.05) is 20.2 Å². The average molecular weight is 265 g/mol. The average Bonchev–Trinajstić information content (AvgIpc) is 2.36. The lowest BCUT2D eigenvalue weighted by molar-refractivity contribution is -0.132. The molecular weight excluding hydrogens is 242 g/mol. The SMILES string of the molecule is Cc1ccc(OCC(=O)N(C)CCC(C)O)cc1C. The molecule has 0 saturated carbocycles. The van der Waals surface area contributed by atoms with Crippen molar-refractivity contribution in [2.45, 2.75) is 33.3 Å². The topological polar surface area (TPSA) is 49.8 Å². The summed E-state index contributed by atoms with van der Waals surface area (Å²) in [5.74, 6) is 0.624. The first-order valence-electron chi connectivity index (χ1n) is 6.52. The standard InChI is InChI=1S/C15H23NO3/c1-11-5-6-14(9-12(11)2)19-10-15(18)16(4)8-7-13(3)17/h5-6,9,13,17H,7-8,10H2,1-4H3. The zero-order valence-corrected chi connectivity index (χ0v) is 12.1. The number of aryl methyl sites for hydroxylation is 2. The van der Waals surface area contributed by atoms with Crippen LogP contribution in [0.15, 0.2) is 18.2 Å². The van der Waals surface area contributed by atoms with Crippen LogP contribution in [0.3, 0.4) is 0 Å². The van der Waals surface area contributed by atoms with E-state index in [2.05, 4.69) is 0 Å². The van der Waals surface area contributed by atoms with Crippen LogP contribution in [0.25, 0.3) is 0 Å². The molecule has 4 heteroatoms. The molecule has 0 saturated heterocycles. The molecule has 0 radical (unpaired) electrons. The Kier molecular flexibility index (Phi) is 5.83. The highest BCUT2D eigenvalue weighted by Gasteiger charge is 2.10. The summed E-state index contributed by atoms with van der Waals surface area (Å²) in [4.78, 5) is 13.4. The van der Waals surface area contributed by atoms with Gasteiger partial charge >= 0.3 is 0 Å². The molecular formula is C15H23NO3. The first-order chi connectivity index (χ1) is 8.90. The minimum atomic E-state index is -0.393. The fraction of sp³-hybridized carbons (Fsp3) is 0.533. The van der Waals surface area contributed by atoms with Crippen LogP contribution >= 0.6 is 0 Å². The van der Waals surface area contributed by atoms with Crippen LogP contribution in [0.2, 0.25) is 0 Å². The molecule has 1 aromatic rings. The summed E-state index contributed by atoms with van der Waals surface area (Å²) in [6.45, 7) is 6.32. The van der Waals surface area contributed by atoms with Crippen molar-refractivity contribution in [3.63, 3.8) is 0 Å². The Bertz CT molecular complexity index is 429. The number of benzene rings is 1. The largest absolute Gasteiger partial charge is 0.484 e. The Hall–Kier alpha value is -1.55. The van der Waals surface area contributed by atoms with E-state index in [1.165, 1.54) is 5.56 Å². The summed E-state index contributed by atoms with van der Waals surface area (Å²) in [5.41, 5.74) is 2.35. The molecule has 0 aliphatic rings. The number of hydrogen-bond acceptors (Lipinski definition) is 3. The van der Waals surface area contributed by atoms with Gasteiger partial charge in [-0.1, -0.05) is 6.07 Å². The van der Waals surface area contributed by atoms with Crippen LogP contribution in [-0.4, -0.2) is 42.2 Å². The molecule has 0 bridgehead atoms. The minimum absolute atomic E-state index is 0.0266. The Labute approximate surface area is 115 Å². The fourth-order valence-corrected chi connectivity index (χ4v) is 1.56. The van der Waals surface area contributed by atoms with Gasteiger partial charge in [0.1, 0.15) is 5.75 Å². The van der Waals surface area contributed by atoms with E-state index in [-0.39, 0.29) is 12.5 Å². The number of rotatable bonds is 6. The molecule has 1 unspecified atom stereocenters. The van der Waals surface area contributed by atoms with E-state index < -0.39 is 6.10 Å². The molecule has 1 rings (SSSR count). The van der Waals surface area contributed by atoms with Crippen molar-refractivity contribution in [3.05, 3.63) is 29.3 Å². The quantitative estimate of drug-likeness (QED) is 0.855. The summed E-state index contributed by atoms with van der Waals surface area (Å²) in [5, 5.41) is 9.18. The van der Waals surface area contributed by atoms with Crippen LogP contribution in [0.5, 0.6) is 5.75 Å². The zero-order valence-electron chi connectivity index (χ0n) is 12.1. The van der Waals surface area contributed by atoms with E-state index >= 15 is 0 Å². The maximum Gasteiger partial charge on any atom is 0.260 e. The summed E-state index contributed by atoms with van der Waals surface area (Å²) in [7, 11) is 1.72. The maximum atomic E-state index is 11.8. The second-order valence-corrected chi connectivity index (χ2v) is 4.99. The van der Waals surface area contributed by atoms with E-state index in [1.54, 1.807) is 18.9 Å². The summed E-state index contributed by atoms with van der Waals surface area (Å²) in [6, 6.07) is 5.77. The van der Waals surface area contributed by atoms with Crippen molar-refractivity contribution in [2.24, 2.45) is 0 Å². The Balaban J connectivity index is 2.42. The zero-order chi connectivity index (χ0) is 14.4. The predicted octanol–water partition coefficient (Wildman–Crippen LogP) is 1.91. The number of amides is 1. The third kappa shape index (κ3) is 5.30. The normalized spacial score (nSPS) is 12.1. The maximum absolute atomic E-state index is 11.8. The van der Waals surface area contributed by atoms with Crippen LogP contribution < -0.4 is 4.74 Å². The number of carbonyl (C=O) groups is 1. The van der Waals surface area contributed by atoms with E-state index in [9.17, 15) is 9.90 Å². The number of carbonyl (C=O) groups excluding carboxylic acids is 1. The van der Waals surface area contributed by atoms with Gasteiger partial charge in [0.2, 0.25) is 0 Å². The van der Waals surface area contributed by atoms with Crippen molar-refractivity contribution in [1.82, 2.24) is 4.90 Å². The molecule has 1 aromatic carbocycles. The summed E-state index contributed by atoms with van der Waals surface area (Å²) >= 11 is 0. The third-order valence-electron chi connectivity index (χ3n) is 3.15. The molecule has 0 aliphatic carbocycles. The molecule has 1 amide bonds. The molecule has 106 valence electrons. The number of aliphatic hydroxyl groups is 1. The van der Waals surface area contributed by atoms with Crippen molar-refractivity contribution in [1.29, 1.82) is 0 Å². The van der Waals surface area contributed by atoms with Gasteiger partial charge in [-0.15, -0.1) is 0 Å². The van der Waals surface area contributed by atoms with Gasteiger partial charge in [-0.05, 0) is 50.5 Å². The van der Waals surface area contributed by atoms with Crippen molar-refractivity contribution < 1.29 is 14.6 Å². The molecule has 0 aliphatic heterocycles. The highest BCUT2D eigenvalue weighted by atomic mass is 16.5. The minimum Gasteiger partial charge on any atom is -0.484 e. The first-order valence-corrected chi connectivity index (χ1v) is 6.52. The van der Waals surface area contributed by atoms with E-state index in [0.29, 0.717) is 18.7 Å². The highest BCUT2D eigenvalue weighted by molar-refractivity contribution is 5.77. The number of ether oxygens (including phenoxy) is 1. The van der Waals surface area contributed by atoms with Gasteiger partial charge in [-0.2, -0.15) is 0 Å². The van der Waals surface area contributed by atoms with Crippen LogP contribution in [-0.2, 0) is 4.79 Å². The number of aliphatic hydroxyl groups excluding tert-OH is 1. The third-order valence-corrected chi connectivity index (χ3v) is 3.15. The molecule has 4 nitrogen and oxygen atoms in total. The van der Waals surface area contributed by atoms with Gasteiger partial charge in [-0.3, -0.25) is 4.79 Å². The number of likely N-dealkylation sites (N-methyl/N-ethyl adjacent to an activating group) is 1. The molecule has 19 heavy (non-hydrogen) atoms. The predicted molar refractivity (Wildman–Crippen MR) is 75.3 cm³/mol. The number of nitrogens with zero attached hydrogens (tertiary/aromatic N) is 1. The van der Waals surface area contributed by atoms with E-state index in [4.69, 9.17) is 4.74 Å². The smallest absolute Gasteiger partial charge is 0.260 e. The van der Waals surface area contributed by atoms with E-state index in [1.807, 2.05) is 32.0 Å². The van der Waals surface area contributed by atoms with Gasteiger partial charge < -0.3 is 14.7 Å². The monoisotopic (exact) mass is 265 g/mol. The van der Waals surface area contributed by atoms with Gasteiger partial charge in [-0.25, -0.2) is 0 Å². The van der Waals surface area contributed by atoms with Gasteiger partial charge in [0.05, 0.1) is 6.10 Å². The van der Waals surface area contributed by atoms with Crippen molar-refractivity contribution in [3.8, 4) is 5.75 Å². The Morgan fingerprint density at radius 1 is 1.37 bits per heavy atom. The van der Waals surface area contributed by atoms with E-state index in [0.717, 1.165) is 5.56 Å². The van der Waals surface area contributed by atoms with Crippen LogP contribution in [0.4, 0.5) is 0 Å². The molecule has 0 fully saturated rings. The lowest BCUT2D eigenvalue weighted by Crippen LogP contribution is -2.33. The fourth-order valence-electron chi connectivity index (χ4n) is 1.56. The summed E-state index contributed by atoms with van der Waals surface area (Å²) in [6.07, 6.45) is 0.183. The lowest BCUT2D eigenvalue weighted by Gasteiger charge is -2.18. The molecule has 0 heterocycles. The lowest BCUT2D eigenvalue weighted by atomic mass is 10.1. The van der Waals surface area contributed by atoms with Gasteiger partial charge in [0.25, 0.3) is 5.91 Å². The molecule has 1 N–H and O–H groups in total. The van der Waals surface area contributed by atoms with Crippen LogP contribution in [0.1, 0.15) is 24.5 Å². The molecule has 1 atom stereocenters. The number of hydrogen-bond donors (Lipinski definition) is 1. The van der Waals surface area contributed by atoms with Crippen LogP contribution in [0, 0.1) is 13.8 Å². The molecule has 0 spiro atoms. The first kappa shape index (κ1) is 15.5. The summed E-state index contributed by atoms with van der Waals surface area (Å²) < 4.78 is 5.48. The Morgan fingerprint density at radius 3 is 2.63 bits per heavy atom.